The predicted molar refractivity (Wildman–Crippen MR) is 200 cm³/mol. The number of nitrogens with one attached hydrogen (secondary N) is 1. The van der Waals surface area contributed by atoms with E-state index in [1.807, 2.05) is 78.9 Å². The lowest BCUT2D eigenvalue weighted by atomic mass is 9.76. The van der Waals surface area contributed by atoms with Crippen molar-refractivity contribution in [2.75, 3.05) is 40.6 Å². The summed E-state index contributed by atoms with van der Waals surface area (Å²) >= 11 is 0. The molecule has 3 aromatic carbocycles. The highest BCUT2D eigenvalue weighted by atomic mass is 28.4. The lowest BCUT2D eigenvalue weighted by Gasteiger charge is -2.51. The molecule has 3 amide bonds. The molecule has 0 saturated carbocycles. The molecule has 0 spiro atoms. The number of benzene rings is 3. The van der Waals surface area contributed by atoms with Crippen LogP contribution >= 0.6 is 0 Å². The average Bonchev–Trinajstić information content (AvgIpc) is 3.13. The summed E-state index contributed by atoms with van der Waals surface area (Å²) in [5, 5.41) is 15.1. The van der Waals surface area contributed by atoms with Crippen molar-refractivity contribution in [3.8, 4) is 11.5 Å². The highest BCUT2D eigenvalue weighted by molar-refractivity contribution is 6.74. The molecule has 5 unspecified atom stereocenters. The van der Waals surface area contributed by atoms with Crippen LogP contribution in [-0.4, -0.2) is 95.2 Å². The van der Waals surface area contributed by atoms with Crippen molar-refractivity contribution < 1.29 is 42.8 Å². The predicted octanol–water partition coefficient (Wildman–Crippen LogP) is 5.89. The fraction of sp³-hybridized carbons (Fsp3) is 0.500. The number of hydrogen-bond acceptors (Lipinski definition) is 9. The maximum Gasteiger partial charge on any atom is 0.324 e. The van der Waals surface area contributed by atoms with Gasteiger partial charge in [0.05, 0.1) is 52.6 Å². The summed E-state index contributed by atoms with van der Waals surface area (Å²) < 4.78 is 37.8. The van der Waals surface area contributed by atoms with Crippen molar-refractivity contribution >= 4 is 20.3 Å². The van der Waals surface area contributed by atoms with E-state index in [4.69, 9.17) is 28.1 Å². The SMILES string of the molecule is COc1ccc(C(OCc2ccccc2)(c2ccc(OC)cc2)C2OCC(N3CC(C)C(=O)NC3=O)C(OCCO[Si](C)(C)C(C)(C)C)C2O)cc1. The molecule has 0 radical (unpaired) electrons. The van der Waals surface area contributed by atoms with Crippen LogP contribution in [0.4, 0.5) is 4.79 Å². The molecule has 2 saturated heterocycles. The van der Waals surface area contributed by atoms with Crippen LogP contribution in [-0.2, 0) is 35.6 Å². The van der Waals surface area contributed by atoms with Crippen molar-refractivity contribution in [1.82, 2.24) is 10.2 Å². The van der Waals surface area contributed by atoms with E-state index >= 15 is 0 Å². The molecule has 0 bridgehead atoms. The second-order valence-corrected chi connectivity index (χ2v) is 19.9. The molecule has 0 aromatic heterocycles. The minimum absolute atomic E-state index is 0.000185. The summed E-state index contributed by atoms with van der Waals surface area (Å²) in [5.74, 6) is 0.512. The van der Waals surface area contributed by atoms with Crippen LogP contribution in [0.15, 0.2) is 78.9 Å². The third kappa shape index (κ3) is 8.38. The molecular weight excluding hydrogens is 681 g/mol. The minimum atomic E-state index is -2.10. The van der Waals surface area contributed by atoms with Gasteiger partial charge in [-0.2, -0.15) is 0 Å². The number of aliphatic hydroxyl groups is 1. The summed E-state index contributed by atoms with van der Waals surface area (Å²) in [5.41, 5.74) is 0.973. The Bertz CT molecular complexity index is 1580. The second-order valence-electron chi connectivity index (χ2n) is 15.1. The number of nitrogens with zero attached hydrogens (tertiary/aromatic N) is 1. The van der Waals surface area contributed by atoms with Gasteiger partial charge in [-0.05, 0) is 59.1 Å². The van der Waals surface area contributed by atoms with Gasteiger partial charge in [0.2, 0.25) is 5.91 Å². The number of aliphatic hydroxyl groups excluding tert-OH is 1. The molecule has 2 aliphatic heterocycles. The Kier molecular flexibility index (Phi) is 12.5. The van der Waals surface area contributed by atoms with E-state index in [0.717, 1.165) is 5.56 Å². The molecule has 2 fully saturated rings. The van der Waals surface area contributed by atoms with Crippen LogP contribution in [0.5, 0.6) is 11.5 Å². The topological polar surface area (TPSA) is 125 Å². The third-order valence-electron chi connectivity index (χ3n) is 10.7. The number of rotatable bonds is 14. The number of urea groups is 1. The maximum atomic E-state index is 13.3. The smallest absolute Gasteiger partial charge is 0.324 e. The summed E-state index contributed by atoms with van der Waals surface area (Å²) in [6.07, 6.45) is -3.26. The van der Waals surface area contributed by atoms with Gasteiger partial charge in [-0.15, -0.1) is 0 Å². The first-order valence-corrected chi connectivity index (χ1v) is 20.8. The molecule has 3 aromatic rings. The van der Waals surface area contributed by atoms with Crippen molar-refractivity contribution in [1.29, 1.82) is 0 Å². The Morgan fingerprint density at radius 3 is 2.00 bits per heavy atom. The molecule has 52 heavy (non-hydrogen) atoms. The van der Waals surface area contributed by atoms with E-state index in [0.29, 0.717) is 29.2 Å². The number of carbonyl (C=O) groups is 2. The van der Waals surface area contributed by atoms with Crippen LogP contribution in [0.1, 0.15) is 44.4 Å². The van der Waals surface area contributed by atoms with E-state index in [-0.39, 0.29) is 37.3 Å². The van der Waals surface area contributed by atoms with Gasteiger partial charge < -0.3 is 38.1 Å². The zero-order valence-electron chi connectivity index (χ0n) is 31.6. The molecule has 12 heteroatoms. The Morgan fingerprint density at radius 2 is 1.46 bits per heavy atom. The van der Waals surface area contributed by atoms with E-state index in [2.05, 4.69) is 39.2 Å². The Morgan fingerprint density at radius 1 is 0.885 bits per heavy atom. The number of amides is 3. The monoisotopic (exact) mass is 734 g/mol. The van der Waals surface area contributed by atoms with Gasteiger partial charge in [0, 0.05) is 6.54 Å². The zero-order valence-corrected chi connectivity index (χ0v) is 32.6. The Balaban J connectivity index is 1.59. The van der Waals surface area contributed by atoms with Crippen LogP contribution in [0.2, 0.25) is 18.1 Å². The van der Waals surface area contributed by atoms with Gasteiger partial charge >= 0.3 is 6.03 Å². The molecule has 0 aliphatic carbocycles. The molecule has 5 rings (SSSR count). The van der Waals surface area contributed by atoms with Crippen LogP contribution < -0.4 is 14.8 Å². The third-order valence-corrected chi connectivity index (χ3v) is 15.2. The zero-order chi connectivity index (χ0) is 37.7. The lowest BCUT2D eigenvalue weighted by molar-refractivity contribution is -0.242. The first kappa shape index (κ1) is 39.4. The fourth-order valence-electron chi connectivity index (χ4n) is 6.57. The van der Waals surface area contributed by atoms with Gasteiger partial charge in [0.15, 0.2) is 8.32 Å². The summed E-state index contributed by atoms with van der Waals surface area (Å²) in [6, 6.07) is 23.5. The van der Waals surface area contributed by atoms with Gasteiger partial charge in [-0.3, -0.25) is 10.1 Å². The fourth-order valence-corrected chi connectivity index (χ4v) is 7.59. The first-order chi connectivity index (χ1) is 24.7. The van der Waals surface area contributed by atoms with Crippen molar-refractivity contribution in [2.45, 2.75) is 82.4 Å². The number of carbonyl (C=O) groups excluding carboxylic acids is 2. The number of ether oxygens (including phenoxy) is 5. The minimum Gasteiger partial charge on any atom is -0.497 e. The normalized spacial score (nSPS) is 22.9. The molecule has 282 valence electrons. The summed E-state index contributed by atoms with van der Waals surface area (Å²) in [6.45, 7) is 13.5. The summed E-state index contributed by atoms with van der Waals surface area (Å²) in [7, 11) is 1.11. The quantitative estimate of drug-likeness (QED) is 0.154. The van der Waals surface area contributed by atoms with Gasteiger partial charge in [0.25, 0.3) is 0 Å². The molecular formula is C40H54N2O9Si. The number of methoxy groups -OCH3 is 2. The Hall–Kier alpha value is -3.78. The van der Waals surface area contributed by atoms with Gasteiger partial charge in [0.1, 0.15) is 35.4 Å². The second kappa shape index (κ2) is 16.5. The van der Waals surface area contributed by atoms with Crippen molar-refractivity contribution in [3.63, 3.8) is 0 Å². The van der Waals surface area contributed by atoms with E-state index in [1.165, 1.54) is 4.90 Å². The lowest BCUT2D eigenvalue weighted by Crippen LogP contribution is -2.69. The largest absolute Gasteiger partial charge is 0.497 e. The molecule has 2 N–H and O–H groups in total. The molecule has 5 atom stereocenters. The van der Waals surface area contributed by atoms with Crippen molar-refractivity contribution in [2.24, 2.45) is 5.92 Å². The van der Waals surface area contributed by atoms with Crippen LogP contribution in [0.3, 0.4) is 0 Å². The average molecular weight is 735 g/mol. The number of imide groups is 1. The highest BCUT2D eigenvalue weighted by Gasteiger charge is 2.56. The van der Waals surface area contributed by atoms with E-state index in [1.54, 1.807) is 21.1 Å². The molecule has 2 aliphatic rings. The molecule has 11 nitrogen and oxygen atoms in total. The highest BCUT2D eigenvalue weighted by Crippen LogP contribution is 2.45. The van der Waals surface area contributed by atoms with Gasteiger partial charge in [-0.1, -0.05) is 82.3 Å². The number of hydrogen-bond donors (Lipinski definition) is 2. The van der Waals surface area contributed by atoms with Gasteiger partial charge in [-0.25, -0.2) is 4.79 Å². The van der Waals surface area contributed by atoms with E-state index in [9.17, 15) is 14.7 Å². The Labute approximate surface area is 308 Å². The van der Waals surface area contributed by atoms with E-state index < -0.39 is 50.2 Å². The summed E-state index contributed by atoms with van der Waals surface area (Å²) in [4.78, 5) is 27.3. The van der Waals surface area contributed by atoms with Crippen LogP contribution in [0.25, 0.3) is 0 Å². The standard InChI is InChI=1S/C40H54N2O9Si/c1-27-24-42(38(45)41-37(27)44)33-26-49-36(34(43)35(33)48-22-23-51-52(7,8)39(2,3)4)40(29-14-18-31(46-5)19-15-29,30-16-20-32(47-6)21-17-30)50-25-28-12-10-9-11-13-28/h9-21,27,33-36,43H,22-26H2,1-8H3,(H,41,44,45). The maximum absolute atomic E-state index is 13.3. The van der Waals surface area contributed by atoms with Crippen LogP contribution in [0, 0.1) is 5.92 Å². The molecule has 2 heterocycles. The first-order valence-electron chi connectivity index (χ1n) is 17.9. The van der Waals surface area contributed by atoms with Crippen molar-refractivity contribution in [3.05, 3.63) is 95.6 Å².